The van der Waals surface area contributed by atoms with Crippen LogP contribution in [0.15, 0.2) is 42.5 Å². The first-order valence-electron chi connectivity index (χ1n) is 11.4. The first kappa shape index (κ1) is 23.9. The molecule has 0 saturated carbocycles. The Morgan fingerprint density at radius 3 is 2.59 bits per heavy atom. The van der Waals surface area contributed by atoms with Gasteiger partial charge in [0.05, 0.1) is 30.2 Å². The number of anilines is 4. The predicted molar refractivity (Wildman–Crippen MR) is 131 cm³/mol. The monoisotopic (exact) mass is 440 g/mol. The smallest absolute Gasteiger partial charge is 0.338 e. The second-order valence-corrected chi connectivity index (χ2v) is 8.50. The third-order valence-electron chi connectivity index (χ3n) is 5.45. The molecule has 0 radical (unpaired) electrons. The number of esters is 1. The van der Waals surface area contributed by atoms with Gasteiger partial charge in [0, 0.05) is 50.7 Å². The van der Waals surface area contributed by atoms with Gasteiger partial charge in [0.25, 0.3) is 0 Å². The average molecular weight is 441 g/mol. The van der Waals surface area contributed by atoms with Crippen LogP contribution in [0.3, 0.4) is 0 Å². The number of piperazine rings is 1. The summed E-state index contributed by atoms with van der Waals surface area (Å²) in [6, 6.07) is 13.6. The molecule has 7 nitrogen and oxygen atoms in total. The number of nitrogens with zero attached hydrogens (tertiary/aromatic N) is 2. The molecule has 0 amide bonds. The molecule has 2 aromatic rings. The third kappa shape index (κ3) is 6.87. The largest absolute Gasteiger partial charge is 0.462 e. The van der Waals surface area contributed by atoms with Crippen LogP contribution in [-0.2, 0) is 9.47 Å². The normalized spacial score (nSPS) is 14.6. The molecule has 1 aliphatic rings. The zero-order chi connectivity index (χ0) is 22.9. The Balaban J connectivity index is 1.58. The predicted octanol–water partition coefficient (Wildman–Crippen LogP) is 3.98. The van der Waals surface area contributed by atoms with Crippen LogP contribution < -0.4 is 16.0 Å². The van der Waals surface area contributed by atoms with Gasteiger partial charge < -0.3 is 25.4 Å². The Morgan fingerprint density at radius 1 is 1.12 bits per heavy atom. The van der Waals surface area contributed by atoms with E-state index in [-0.39, 0.29) is 5.97 Å². The van der Waals surface area contributed by atoms with Crippen molar-refractivity contribution >= 4 is 28.7 Å². The van der Waals surface area contributed by atoms with Crippen molar-refractivity contribution in [1.29, 1.82) is 0 Å². The lowest BCUT2D eigenvalue weighted by Crippen LogP contribution is -2.47. The number of ether oxygens (including phenoxy) is 2. The standard InChI is InChI=1S/C25H36N4O3/c1-4-31-15-14-28-10-12-29(13-11-28)22-7-5-6-21(17-22)27-24-9-8-20(16-23(24)26)25(30)32-18-19(2)3/h5-9,16-17,19,27H,4,10-15,18,26H2,1-3H3. The van der Waals surface area contributed by atoms with Gasteiger partial charge in [0.1, 0.15) is 0 Å². The highest BCUT2D eigenvalue weighted by atomic mass is 16.5. The highest BCUT2D eigenvalue weighted by Crippen LogP contribution is 2.27. The number of rotatable bonds is 10. The fourth-order valence-electron chi connectivity index (χ4n) is 3.63. The van der Waals surface area contributed by atoms with Crippen LogP contribution in [0.5, 0.6) is 0 Å². The van der Waals surface area contributed by atoms with Gasteiger partial charge in [-0.2, -0.15) is 0 Å². The quantitative estimate of drug-likeness (QED) is 0.329. The van der Waals surface area contributed by atoms with Crippen molar-refractivity contribution in [3.8, 4) is 0 Å². The molecule has 0 spiro atoms. The Kier molecular flexibility index (Phi) is 8.76. The van der Waals surface area contributed by atoms with Crippen molar-refractivity contribution in [3.63, 3.8) is 0 Å². The van der Waals surface area contributed by atoms with E-state index >= 15 is 0 Å². The molecule has 3 N–H and O–H groups in total. The Morgan fingerprint density at radius 2 is 1.91 bits per heavy atom. The number of nitrogens with two attached hydrogens (primary N) is 1. The number of nitrogens with one attached hydrogen (secondary N) is 1. The lowest BCUT2D eigenvalue weighted by molar-refractivity contribution is 0.0459. The van der Waals surface area contributed by atoms with E-state index in [9.17, 15) is 4.79 Å². The number of benzene rings is 2. The summed E-state index contributed by atoms with van der Waals surface area (Å²) < 4.78 is 10.8. The summed E-state index contributed by atoms with van der Waals surface area (Å²) in [5.74, 6) is -0.0538. The SMILES string of the molecule is CCOCCN1CCN(c2cccc(Nc3ccc(C(=O)OCC(C)C)cc3N)c2)CC1. The molecule has 32 heavy (non-hydrogen) atoms. The van der Waals surface area contributed by atoms with Gasteiger partial charge in [0.2, 0.25) is 0 Å². The van der Waals surface area contributed by atoms with Crippen molar-refractivity contribution in [3.05, 3.63) is 48.0 Å². The molecular formula is C25H36N4O3. The molecular weight excluding hydrogens is 404 g/mol. The van der Waals surface area contributed by atoms with Crippen molar-refractivity contribution in [2.24, 2.45) is 5.92 Å². The molecule has 0 aliphatic carbocycles. The fraction of sp³-hybridized carbons (Fsp3) is 0.480. The van der Waals surface area contributed by atoms with E-state index in [2.05, 4.69) is 27.2 Å². The van der Waals surface area contributed by atoms with Crippen molar-refractivity contribution in [2.75, 3.05) is 68.5 Å². The maximum atomic E-state index is 12.2. The van der Waals surface area contributed by atoms with Crippen molar-refractivity contribution in [1.82, 2.24) is 4.90 Å². The van der Waals surface area contributed by atoms with Crippen molar-refractivity contribution < 1.29 is 14.3 Å². The minimum atomic E-state index is -0.348. The van der Waals surface area contributed by atoms with Gasteiger partial charge >= 0.3 is 5.97 Å². The van der Waals surface area contributed by atoms with Gasteiger partial charge in [0.15, 0.2) is 0 Å². The molecule has 1 fully saturated rings. The zero-order valence-electron chi connectivity index (χ0n) is 19.5. The summed E-state index contributed by atoms with van der Waals surface area (Å²) in [6.45, 7) is 13.0. The lowest BCUT2D eigenvalue weighted by Gasteiger charge is -2.36. The van der Waals surface area contributed by atoms with E-state index in [4.69, 9.17) is 15.2 Å². The van der Waals surface area contributed by atoms with Gasteiger partial charge in [-0.1, -0.05) is 19.9 Å². The average Bonchev–Trinajstić information content (AvgIpc) is 2.79. The molecule has 3 rings (SSSR count). The summed E-state index contributed by atoms with van der Waals surface area (Å²) in [6.07, 6.45) is 0. The molecule has 0 unspecified atom stereocenters. The third-order valence-corrected chi connectivity index (χ3v) is 5.45. The first-order valence-corrected chi connectivity index (χ1v) is 11.4. The lowest BCUT2D eigenvalue weighted by atomic mass is 10.1. The van der Waals surface area contributed by atoms with Crippen LogP contribution >= 0.6 is 0 Å². The topological polar surface area (TPSA) is 80.1 Å². The Labute approximate surface area is 191 Å². The van der Waals surface area contributed by atoms with Crippen LogP contribution in [0.2, 0.25) is 0 Å². The van der Waals surface area contributed by atoms with Gasteiger partial charge in [-0.25, -0.2) is 4.79 Å². The number of nitrogen functional groups attached to an aromatic ring is 1. The number of hydrogen-bond acceptors (Lipinski definition) is 7. The Hall–Kier alpha value is -2.77. The maximum absolute atomic E-state index is 12.2. The molecule has 0 aromatic heterocycles. The first-order chi connectivity index (χ1) is 15.5. The van der Waals surface area contributed by atoms with Gasteiger partial charge in [-0.05, 0) is 49.2 Å². The van der Waals surface area contributed by atoms with Crippen LogP contribution in [0.4, 0.5) is 22.7 Å². The number of carbonyl (C=O) groups is 1. The van der Waals surface area contributed by atoms with E-state index in [1.54, 1.807) is 12.1 Å². The van der Waals surface area contributed by atoms with E-state index in [1.807, 2.05) is 39.0 Å². The molecule has 174 valence electrons. The second kappa shape index (κ2) is 11.7. The fourth-order valence-corrected chi connectivity index (χ4v) is 3.63. The number of hydrogen-bond donors (Lipinski definition) is 2. The van der Waals surface area contributed by atoms with Crippen LogP contribution in [0, 0.1) is 5.92 Å². The molecule has 2 aromatic carbocycles. The van der Waals surface area contributed by atoms with E-state index in [0.717, 1.165) is 57.3 Å². The summed E-state index contributed by atoms with van der Waals surface area (Å²) in [4.78, 5) is 17.0. The van der Waals surface area contributed by atoms with Gasteiger partial charge in [-0.15, -0.1) is 0 Å². The van der Waals surface area contributed by atoms with Crippen LogP contribution in [0.1, 0.15) is 31.1 Å². The van der Waals surface area contributed by atoms with Gasteiger partial charge in [-0.3, -0.25) is 4.90 Å². The van der Waals surface area contributed by atoms with E-state index < -0.39 is 0 Å². The minimum absolute atomic E-state index is 0.294. The van der Waals surface area contributed by atoms with E-state index in [1.165, 1.54) is 5.69 Å². The summed E-state index contributed by atoms with van der Waals surface area (Å²) in [7, 11) is 0. The molecule has 0 bridgehead atoms. The molecule has 1 saturated heterocycles. The summed E-state index contributed by atoms with van der Waals surface area (Å²) >= 11 is 0. The molecule has 1 aliphatic heterocycles. The Bertz CT molecular complexity index is 879. The van der Waals surface area contributed by atoms with Crippen LogP contribution in [-0.4, -0.2) is 63.4 Å². The summed E-state index contributed by atoms with van der Waals surface area (Å²) in [5.41, 5.74) is 10.1. The molecule has 0 atom stereocenters. The second-order valence-electron chi connectivity index (χ2n) is 8.50. The highest BCUT2D eigenvalue weighted by Gasteiger charge is 2.17. The van der Waals surface area contributed by atoms with Crippen LogP contribution in [0.25, 0.3) is 0 Å². The molecule has 1 heterocycles. The minimum Gasteiger partial charge on any atom is -0.462 e. The zero-order valence-corrected chi connectivity index (χ0v) is 19.5. The molecule has 7 heteroatoms. The van der Waals surface area contributed by atoms with E-state index in [0.29, 0.717) is 23.8 Å². The maximum Gasteiger partial charge on any atom is 0.338 e. The number of carbonyl (C=O) groups excluding carboxylic acids is 1. The summed E-state index contributed by atoms with van der Waals surface area (Å²) in [5, 5.41) is 3.38. The van der Waals surface area contributed by atoms with Crippen molar-refractivity contribution in [2.45, 2.75) is 20.8 Å². The highest BCUT2D eigenvalue weighted by molar-refractivity contribution is 5.92.